The van der Waals surface area contributed by atoms with Crippen LogP contribution in [0.4, 0.5) is 0 Å². The van der Waals surface area contributed by atoms with Crippen LogP contribution in [0.3, 0.4) is 0 Å². The number of methoxy groups -OCH3 is 2. The van der Waals surface area contributed by atoms with Gasteiger partial charge in [0.25, 0.3) is 0 Å². The first-order chi connectivity index (χ1) is 26.0. The number of hydrogen-bond donors (Lipinski definition) is 2. The molecule has 2 fully saturated rings. The SMILES string of the molecule is COc1nc(OCc2cccc(-c3cccc(COc4nc(OC)c(CNC5(C(=O)O)COC5)cc4Cl)c3C)c2C)c(Cl)cc1CCC1COC1.O=C=O. The molecule has 54 heavy (non-hydrogen) atoms. The quantitative estimate of drug-likeness (QED) is 0.133. The first kappa shape index (κ1) is 40.4. The molecule has 15 heteroatoms. The van der Waals surface area contributed by atoms with Crippen LogP contribution in [-0.4, -0.2) is 73.4 Å². The highest BCUT2D eigenvalue weighted by Gasteiger charge is 2.46. The number of halogens is 2. The minimum Gasteiger partial charge on any atom is -0.481 e. The van der Waals surface area contributed by atoms with Gasteiger partial charge in [-0.1, -0.05) is 59.6 Å². The molecule has 0 aliphatic carbocycles. The van der Waals surface area contributed by atoms with E-state index >= 15 is 0 Å². The number of ether oxygens (including phenoxy) is 6. The largest absolute Gasteiger partial charge is 0.481 e. The number of carboxylic acids is 1. The molecule has 0 atom stereocenters. The van der Waals surface area contributed by atoms with E-state index in [0.717, 1.165) is 65.0 Å². The van der Waals surface area contributed by atoms with Gasteiger partial charge < -0.3 is 33.5 Å². The molecule has 0 spiro atoms. The summed E-state index contributed by atoms with van der Waals surface area (Å²) in [7, 11) is 3.09. The smallest absolute Gasteiger partial charge is 0.373 e. The monoisotopic (exact) mass is 781 g/mol. The highest BCUT2D eigenvalue weighted by Crippen LogP contribution is 2.35. The van der Waals surface area contributed by atoms with E-state index in [1.807, 2.05) is 30.3 Å². The van der Waals surface area contributed by atoms with Crippen molar-refractivity contribution in [1.29, 1.82) is 0 Å². The van der Waals surface area contributed by atoms with Gasteiger partial charge in [-0.15, -0.1) is 0 Å². The maximum Gasteiger partial charge on any atom is 0.373 e. The fraction of sp³-hybridized carbons (Fsp3) is 0.385. The van der Waals surface area contributed by atoms with Crippen LogP contribution in [-0.2, 0) is 50.0 Å². The zero-order valence-electron chi connectivity index (χ0n) is 30.3. The van der Waals surface area contributed by atoms with E-state index in [-0.39, 0.29) is 55.9 Å². The van der Waals surface area contributed by atoms with Crippen molar-refractivity contribution in [3.63, 3.8) is 0 Å². The lowest BCUT2D eigenvalue weighted by Crippen LogP contribution is -2.65. The van der Waals surface area contributed by atoms with Gasteiger partial charge in [-0.05, 0) is 72.2 Å². The van der Waals surface area contributed by atoms with Crippen LogP contribution in [0.1, 0.15) is 39.8 Å². The number of carbonyl (C=O) groups is 1. The molecule has 4 aromatic rings. The highest BCUT2D eigenvalue weighted by molar-refractivity contribution is 6.32. The summed E-state index contributed by atoms with van der Waals surface area (Å²) in [4.78, 5) is 37.0. The van der Waals surface area contributed by atoms with Crippen LogP contribution in [0, 0.1) is 19.8 Å². The maximum atomic E-state index is 11.7. The molecule has 0 saturated carbocycles. The summed E-state index contributed by atoms with van der Waals surface area (Å²) in [5.74, 6) is 0.929. The number of aromatic nitrogens is 2. The van der Waals surface area contributed by atoms with Gasteiger partial charge in [0.05, 0.1) is 40.6 Å². The van der Waals surface area contributed by atoms with E-state index in [1.165, 1.54) is 7.11 Å². The molecule has 0 unspecified atom stereocenters. The number of aryl methyl sites for hydroxylation is 1. The second kappa shape index (κ2) is 18.5. The molecular formula is C39H41Cl2N3O10. The third-order valence-electron chi connectivity index (χ3n) is 9.52. The third kappa shape index (κ3) is 9.30. The normalized spacial score (nSPS) is 14.4. The van der Waals surface area contributed by atoms with Crippen molar-refractivity contribution in [2.45, 2.75) is 52.0 Å². The Kier molecular flexibility index (Phi) is 13.9. The fourth-order valence-electron chi connectivity index (χ4n) is 6.09. The number of hydrogen-bond acceptors (Lipinski definition) is 12. The topological polar surface area (TPSA) is 165 Å². The van der Waals surface area contributed by atoms with E-state index in [0.29, 0.717) is 28.3 Å². The van der Waals surface area contributed by atoms with Crippen LogP contribution in [0.25, 0.3) is 11.1 Å². The van der Waals surface area contributed by atoms with Gasteiger partial charge in [-0.25, -0.2) is 0 Å². The molecule has 0 bridgehead atoms. The van der Waals surface area contributed by atoms with Gasteiger partial charge >= 0.3 is 12.1 Å². The van der Waals surface area contributed by atoms with Gasteiger partial charge in [0.1, 0.15) is 23.3 Å². The Labute approximate surface area is 322 Å². The van der Waals surface area contributed by atoms with Gasteiger partial charge in [0.2, 0.25) is 23.5 Å². The summed E-state index contributed by atoms with van der Waals surface area (Å²) in [6.45, 7) is 6.55. The number of carbonyl (C=O) groups excluding carboxylic acids is 2. The van der Waals surface area contributed by atoms with E-state index in [9.17, 15) is 9.90 Å². The summed E-state index contributed by atoms with van der Waals surface area (Å²) in [5.41, 5.74) is 6.60. The lowest BCUT2D eigenvalue weighted by atomic mass is 9.92. The molecule has 6 rings (SSSR count). The minimum absolute atomic E-state index is 0.0803. The van der Waals surface area contributed by atoms with Crippen LogP contribution in [0.5, 0.6) is 23.5 Å². The standard InChI is InChI=1S/C38H41Cl2N3O8.CO2/c1-22-26(18-50-35-31(39)13-25(33(42-35)46-3)12-11-24-16-48-17-24)7-5-9-29(22)30-10-6-8-27(23(30)2)19-51-36-32(40)14-28(34(43-36)47-4)15-41-38(37(44)45)20-49-21-38;2-1-3/h5-10,13-14,24,41H,11-12,15-21H2,1-4H3,(H,44,45);. The van der Waals surface area contributed by atoms with Gasteiger partial charge in [0.15, 0.2) is 5.54 Å². The lowest BCUT2D eigenvalue weighted by molar-refractivity contribution is -0.191. The molecule has 4 heterocycles. The molecular weight excluding hydrogens is 741 g/mol. The highest BCUT2D eigenvalue weighted by atomic mass is 35.5. The van der Waals surface area contributed by atoms with Crippen LogP contribution < -0.4 is 24.3 Å². The zero-order chi connectivity index (χ0) is 38.8. The number of benzene rings is 2. The first-order valence-electron chi connectivity index (χ1n) is 17.1. The maximum absolute atomic E-state index is 11.7. The van der Waals surface area contributed by atoms with E-state index in [1.54, 1.807) is 13.2 Å². The summed E-state index contributed by atoms with van der Waals surface area (Å²) >= 11 is 13.2. The Morgan fingerprint density at radius 3 is 1.76 bits per heavy atom. The Hall–Kier alpha value is -4.75. The zero-order valence-corrected chi connectivity index (χ0v) is 31.8. The number of pyridine rings is 2. The molecule has 2 aliphatic rings. The van der Waals surface area contributed by atoms with E-state index < -0.39 is 11.5 Å². The van der Waals surface area contributed by atoms with Gasteiger partial charge in [-0.3, -0.25) is 10.1 Å². The van der Waals surface area contributed by atoms with E-state index in [4.69, 9.17) is 61.2 Å². The second-order valence-electron chi connectivity index (χ2n) is 12.9. The number of carboxylic acid groups (broad SMARTS) is 1. The molecule has 286 valence electrons. The molecule has 2 saturated heterocycles. The third-order valence-corrected chi connectivity index (χ3v) is 10.1. The van der Waals surface area contributed by atoms with Crippen molar-refractivity contribution in [3.05, 3.63) is 92.0 Å². The minimum atomic E-state index is -1.14. The molecule has 2 N–H and O–H groups in total. The fourth-order valence-corrected chi connectivity index (χ4v) is 6.54. The summed E-state index contributed by atoms with van der Waals surface area (Å²) in [5, 5.41) is 13.3. The number of nitrogens with one attached hydrogen (secondary N) is 1. The molecule has 13 nitrogen and oxygen atoms in total. The second-order valence-corrected chi connectivity index (χ2v) is 13.7. The van der Waals surface area contributed by atoms with E-state index in [2.05, 4.69) is 41.3 Å². The van der Waals surface area contributed by atoms with Crippen LogP contribution in [0.15, 0.2) is 48.5 Å². The van der Waals surface area contributed by atoms with Crippen LogP contribution >= 0.6 is 23.2 Å². The van der Waals surface area contributed by atoms with Crippen LogP contribution in [0.2, 0.25) is 10.0 Å². The average molecular weight is 783 g/mol. The Bertz CT molecular complexity index is 2000. The first-order valence-corrected chi connectivity index (χ1v) is 17.8. The van der Waals surface area contributed by atoms with Crippen molar-refractivity contribution in [1.82, 2.24) is 15.3 Å². The van der Waals surface area contributed by atoms with Crippen molar-refractivity contribution in [2.24, 2.45) is 5.92 Å². The Morgan fingerprint density at radius 2 is 1.33 bits per heavy atom. The summed E-state index contributed by atoms with van der Waals surface area (Å²) in [6, 6.07) is 15.8. The predicted octanol–water partition coefficient (Wildman–Crippen LogP) is 6.18. The Balaban J connectivity index is 0.00000181. The Morgan fingerprint density at radius 1 is 0.833 bits per heavy atom. The molecule has 0 radical (unpaired) electrons. The number of rotatable bonds is 16. The van der Waals surface area contributed by atoms with Crippen molar-refractivity contribution in [3.8, 4) is 34.6 Å². The van der Waals surface area contributed by atoms with Crippen molar-refractivity contribution >= 4 is 35.3 Å². The average Bonchev–Trinajstić information content (AvgIpc) is 3.11. The molecule has 2 aliphatic heterocycles. The lowest BCUT2D eigenvalue weighted by Gasteiger charge is -2.38. The van der Waals surface area contributed by atoms with Crippen molar-refractivity contribution < 1.29 is 47.9 Å². The summed E-state index contributed by atoms with van der Waals surface area (Å²) in [6.07, 6.45) is 2.05. The predicted molar refractivity (Wildman–Crippen MR) is 197 cm³/mol. The molecule has 2 aromatic heterocycles. The van der Waals surface area contributed by atoms with Crippen molar-refractivity contribution in [2.75, 3.05) is 40.6 Å². The number of aliphatic carboxylic acids is 1. The summed E-state index contributed by atoms with van der Waals surface area (Å²) < 4.78 is 33.7. The molecule has 2 aromatic carbocycles. The number of nitrogens with zero attached hydrogens (tertiary/aromatic N) is 2. The molecule has 0 amide bonds. The van der Waals surface area contributed by atoms with Gasteiger partial charge in [-0.2, -0.15) is 19.6 Å². The van der Waals surface area contributed by atoms with Gasteiger partial charge in [0, 0.05) is 23.6 Å².